The second kappa shape index (κ2) is 7.28. The molecule has 1 aromatic heterocycles. The van der Waals surface area contributed by atoms with Crippen molar-refractivity contribution in [1.82, 2.24) is 9.55 Å². The zero-order valence-electron chi connectivity index (χ0n) is 11.7. The Balaban J connectivity index is 1.83. The summed E-state index contributed by atoms with van der Waals surface area (Å²) >= 11 is 0. The molecule has 0 radical (unpaired) electrons. The molecule has 0 amide bonds. The van der Waals surface area contributed by atoms with Crippen LogP contribution in [0.3, 0.4) is 0 Å². The predicted octanol–water partition coefficient (Wildman–Crippen LogP) is 2.73. The van der Waals surface area contributed by atoms with Crippen molar-refractivity contribution in [3.63, 3.8) is 0 Å². The summed E-state index contributed by atoms with van der Waals surface area (Å²) in [6.45, 7) is 3.56. The molecule has 19 heavy (non-hydrogen) atoms. The lowest BCUT2D eigenvalue weighted by Crippen LogP contribution is -2.06. The largest absolute Gasteiger partial charge is 0.385 e. The van der Waals surface area contributed by atoms with Gasteiger partial charge in [-0.25, -0.2) is 4.98 Å². The quantitative estimate of drug-likeness (QED) is 0.744. The number of aliphatic imine (C=N–C) groups is 1. The fraction of sp³-hybridized carbons (Fsp3) is 0.714. The molecule has 1 aromatic rings. The van der Waals surface area contributed by atoms with Crippen molar-refractivity contribution in [1.29, 1.82) is 0 Å². The molecule has 0 bridgehead atoms. The summed E-state index contributed by atoms with van der Waals surface area (Å²) in [5.74, 6) is 0.891. The second-order valence-electron chi connectivity index (χ2n) is 5.09. The summed E-state index contributed by atoms with van der Waals surface area (Å²) in [6.07, 6.45) is 10.5. The highest BCUT2D eigenvalue weighted by molar-refractivity contribution is 5.76. The minimum atomic E-state index is -0.591. The minimum Gasteiger partial charge on any atom is -0.385 e. The summed E-state index contributed by atoms with van der Waals surface area (Å²) in [7, 11) is 0. The van der Waals surface area contributed by atoms with E-state index < -0.39 is 6.10 Å². The van der Waals surface area contributed by atoms with Crippen LogP contribution in [0, 0.1) is 0 Å². The van der Waals surface area contributed by atoms with Gasteiger partial charge >= 0.3 is 0 Å². The number of hydrogen-bond acceptors (Lipinski definition) is 4. The van der Waals surface area contributed by atoms with Crippen LogP contribution in [0.25, 0.3) is 0 Å². The van der Waals surface area contributed by atoms with Crippen LogP contribution in [0.5, 0.6) is 0 Å². The Morgan fingerprint density at radius 1 is 1.32 bits per heavy atom. The van der Waals surface area contributed by atoms with Crippen molar-refractivity contribution >= 4 is 12.2 Å². The van der Waals surface area contributed by atoms with Gasteiger partial charge in [-0.15, -0.1) is 0 Å². The smallest absolute Gasteiger partial charge is 0.137 e. The van der Waals surface area contributed by atoms with E-state index in [0.717, 1.165) is 18.8 Å². The molecular formula is C14H24N4O. The van der Waals surface area contributed by atoms with Gasteiger partial charge in [0.1, 0.15) is 17.6 Å². The number of aryl methyl sites for hydroxylation is 1. The minimum absolute atomic E-state index is 0.383. The summed E-state index contributed by atoms with van der Waals surface area (Å²) in [4.78, 5) is 8.37. The number of hydrogen-bond donors (Lipinski definition) is 2. The Labute approximate surface area is 114 Å². The zero-order chi connectivity index (χ0) is 13.5. The molecule has 2 rings (SSSR count). The van der Waals surface area contributed by atoms with Gasteiger partial charge in [0.25, 0.3) is 0 Å². The lowest BCUT2D eigenvalue weighted by Gasteiger charge is -2.09. The summed E-state index contributed by atoms with van der Waals surface area (Å²) in [5.41, 5.74) is 0.712. The third-order valence-corrected chi connectivity index (χ3v) is 3.51. The van der Waals surface area contributed by atoms with E-state index >= 15 is 0 Å². The maximum absolute atomic E-state index is 9.89. The van der Waals surface area contributed by atoms with E-state index in [1.165, 1.54) is 32.1 Å². The maximum atomic E-state index is 9.89. The number of unbranched alkanes of at least 4 members (excludes halogenated alkanes) is 5. The van der Waals surface area contributed by atoms with Crippen molar-refractivity contribution < 1.29 is 5.11 Å². The first kappa shape index (κ1) is 14.1. The Kier molecular flexibility index (Phi) is 5.39. The summed E-state index contributed by atoms with van der Waals surface area (Å²) < 4.78 is 2.08. The molecule has 0 fully saturated rings. The number of imidazole rings is 1. The number of aliphatic hydroxyl groups excluding tert-OH is 1. The van der Waals surface area contributed by atoms with Gasteiger partial charge in [-0.05, 0) is 6.42 Å². The molecule has 1 aliphatic heterocycles. The van der Waals surface area contributed by atoms with Crippen LogP contribution < -0.4 is 5.32 Å². The van der Waals surface area contributed by atoms with Crippen LogP contribution in [0.1, 0.15) is 57.2 Å². The summed E-state index contributed by atoms with van der Waals surface area (Å²) in [5, 5.41) is 13.0. The molecule has 1 atom stereocenters. The topological polar surface area (TPSA) is 62.4 Å². The van der Waals surface area contributed by atoms with Gasteiger partial charge in [0.2, 0.25) is 0 Å². The normalized spacial score (nSPS) is 17.9. The molecule has 1 unspecified atom stereocenters. The van der Waals surface area contributed by atoms with Crippen LogP contribution in [0.2, 0.25) is 0 Å². The molecule has 0 spiro atoms. The first-order valence-electron chi connectivity index (χ1n) is 7.31. The van der Waals surface area contributed by atoms with Gasteiger partial charge < -0.3 is 15.0 Å². The predicted molar refractivity (Wildman–Crippen MR) is 77.5 cm³/mol. The number of nitrogens with one attached hydrogen (secondary N) is 1. The van der Waals surface area contributed by atoms with Gasteiger partial charge in [-0.3, -0.25) is 4.99 Å². The van der Waals surface area contributed by atoms with Crippen molar-refractivity contribution in [2.24, 2.45) is 4.99 Å². The Morgan fingerprint density at radius 3 is 2.95 bits per heavy atom. The SMILES string of the molecule is CCCCCCCCn1cnc2c1NC=NCC2O. The number of fused-ring (bicyclic) bond motifs is 1. The van der Waals surface area contributed by atoms with Gasteiger partial charge in [-0.1, -0.05) is 39.0 Å². The summed E-state index contributed by atoms with van der Waals surface area (Å²) in [6, 6.07) is 0. The number of aliphatic hydroxyl groups is 1. The van der Waals surface area contributed by atoms with Crippen LogP contribution in [0.15, 0.2) is 11.3 Å². The molecule has 0 aliphatic carbocycles. The molecule has 2 N–H and O–H groups in total. The van der Waals surface area contributed by atoms with E-state index in [1.54, 1.807) is 6.34 Å². The van der Waals surface area contributed by atoms with Crippen LogP contribution in [0.4, 0.5) is 5.82 Å². The average molecular weight is 264 g/mol. The molecular weight excluding hydrogens is 240 g/mol. The first-order valence-corrected chi connectivity index (χ1v) is 7.31. The Hall–Kier alpha value is -1.36. The van der Waals surface area contributed by atoms with Gasteiger partial charge in [-0.2, -0.15) is 0 Å². The second-order valence-corrected chi connectivity index (χ2v) is 5.09. The third-order valence-electron chi connectivity index (χ3n) is 3.51. The van der Waals surface area contributed by atoms with E-state index in [-0.39, 0.29) is 0 Å². The fourth-order valence-corrected chi connectivity index (χ4v) is 2.38. The molecule has 0 saturated heterocycles. The van der Waals surface area contributed by atoms with Crippen molar-refractivity contribution in [2.45, 2.75) is 58.1 Å². The van der Waals surface area contributed by atoms with E-state index in [1.807, 2.05) is 6.33 Å². The van der Waals surface area contributed by atoms with Crippen LogP contribution in [-0.2, 0) is 6.54 Å². The Morgan fingerprint density at radius 2 is 2.11 bits per heavy atom. The molecule has 5 heteroatoms. The van der Waals surface area contributed by atoms with Crippen molar-refractivity contribution in [3.8, 4) is 0 Å². The average Bonchev–Trinajstić information content (AvgIpc) is 2.72. The number of rotatable bonds is 7. The van der Waals surface area contributed by atoms with Gasteiger partial charge in [0.15, 0.2) is 0 Å². The van der Waals surface area contributed by atoms with Gasteiger partial charge in [0.05, 0.1) is 19.2 Å². The Bertz CT molecular complexity index is 414. The molecule has 2 heterocycles. The lowest BCUT2D eigenvalue weighted by molar-refractivity contribution is 0.184. The lowest BCUT2D eigenvalue weighted by atomic mass is 10.1. The zero-order valence-corrected chi connectivity index (χ0v) is 11.7. The third kappa shape index (κ3) is 3.80. The number of nitrogens with zero attached hydrogens (tertiary/aromatic N) is 3. The van der Waals surface area contributed by atoms with Crippen LogP contribution >= 0.6 is 0 Å². The highest BCUT2D eigenvalue weighted by Crippen LogP contribution is 2.24. The van der Waals surface area contributed by atoms with Crippen molar-refractivity contribution in [2.75, 3.05) is 11.9 Å². The molecule has 106 valence electrons. The van der Waals surface area contributed by atoms with E-state index in [2.05, 4.69) is 26.8 Å². The first-order chi connectivity index (χ1) is 9.33. The maximum Gasteiger partial charge on any atom is 0.137 e. The molecule has 0 saturated carbocycles. The van der Waals surface area contributed by atoms with Gasteiger partial charge in [0, 0.05) is 6.54 Å². The highest BCUT2D eigenvalue weighted by Gasteiger charge is 2.19. The molecule has 5 nitrogen and oxygen atoms in total. The van der Waals surface area contributed by atoms with E-state index in [4.69, 9.17) is 0 Å². The van der Waals surface area contributed by atoms with E-state index in [9.17, 15) is 5.11 Å². The van der Waals surface area contributed by atoms with Crippen LogP contribution in [-0.4, -0.2) is 27.5 Å². The van der Waals surface area contributed by atoms with Crippen molar-refractivity contribution in [3.05, 3.63) is 12.0 Å². The number of aromatic nitrogens is 2. The highest BCUT2D eigenvalue weighted by atomic mass is 16.3. The molecule has 0 aromatic carbocycles. The fourth-order valence-electron chi connectivity index (χ4n) is 2.38. The molecule has 1 aliphatic rings. The number of anilines is 1. The monoisotopic (exact) mass is 264 g/mol. The standard InChI is InChI=1S/C14H24N4O/c1-2-3-4-5-6-7-8-18-11-17-13-12(19)9-15-10-16-14(13)18/h10-12,19H,2-9H2,1H3,(H,15,16). The van der Waals surface area contributed by atoms with E-state index in [0.29, 0.717) is 12.2 Å².